The van der Waals surface area contributed by atoms with Gasteiger partial charge < -0.3 is 9.47 Å². The fourth-order valence-corrected chi connectivity index (χ4v) is 3.90. The lowest BCUT2D eigenvalue weighted by atomic mass is 10.1. The van der Waals surface area contributed by atoms with E-state index in [9.17, 15) is 0 Å². The Morgan fingerprint density at radius 1 is 0.640 bits per heavy atom. The van der Waals surface area contributed by atoms with Crippen LogP contribution in [0.15, 0.2) is 48.5 Å². The van der Waals surface area contributed by atoms with E-state index < -0.39 is 6.03 Å². The molecule has 0 radical (unpaired) electrons. The predicted octanol–water partition coefficient (Wildman–Crippen LogP) is 3.22. The van der Waals surface area contributed by atoms with Crippen molar-refractivity contribution in [3.8, 4) is 11.5 Å². The number of hydrogen-bond acceptors (Lipinski definition) is 2. The minimum atomic E-state index is -0.924. The van der Waals surface area contributed by atoms with Crippen LogP contribution in [0.3, 0.4) is 0 Å². The van der Waals surface area contributed by atoms with E-state index in [1.807, 2.05) is 36.4 Å². The molecule has 2 aromatic carbocycles. The molecule has 3 aliphatic heterocycles. The Morgan fingerprint density at radius 2 is 1.12 bits per heavy atom. The molecular formula is C21H22N2O2+2. The van der Waals surface area contributed by atoms with Gasteiger partial charge in [0, 0.05) is 12.8 Å². The van der Waals surface area contributed by atoms with E-state index in [2.05, 4.69) is 33.7 Å². The monoisotopic (exact) mass is 334 g/mol. The molecule has 2 aromatic rings. The zero-order chi connectivity index (χ0) is 16.7. The van der Waals surface area contributed by atoms with Crippen molar-refractivity contribution in [3.05, 3.63) is 59.7 Å². The Balaban J connectivity index is 1.70. The SMILES string of the molecule is C1=[N+]2CCCCCC[N+]3=Cc4ccccc4OC23Oc2ccccc21. The van der Waals surface area contributed by atoms with Gasteiger partial charge in [0.2, 0.25) is 0 Å². The molecule has 1 saturated heterocycles. The lowest BCUT2D eigenvalue weighted by Crippen LogP contribution is -2.64. The van der Waals surface area contributed by atoms with Gasteiger partial charge in [-0.15, -0.1) is 0 Å². The fourth-order valence-electron chi connectivity index (χ4n) is 3.90. The van der Waals surface area contributed by atoms with Crippen molar-refractivity contribution in [2.24, 2.45) is 0 Å². The first-order valence-electron chi connectivity index (χ1n) is 9.14. The number of rotatable bonds is 0. The summed E-state index contributed by atoms with van der Waals surface area (Å²) in [5.74, 6) is 1.74. The highest BCUT2D eigenvalue weighted by molar-refractivity contribution is 5.82. The van der Waals surface area contributed by atoms with Crippen LogP contribution in [0.5, 0.6) is 11.5 Å². The minimum Gasteiger partial charge on any atom is -0.341 e. The van der Waals surface area contributed by atoms with Gasteiger partial charge in [-0.25, -0.2) is 0 Å². The van der Waals surface area contributed by atoms with Gasteiger partial charge in [0.1, 0.15) is 0 Å². The molecule has 5 rings (SSSR count). The molecule has 0 bridgehead atoms. The minimum absolute atomic E-state index is 0.871. The van der Waals surface area contributed by atoms with E-state index in [4.69, 9.17) is 9.47 Å². The van der Waals surface area contributed by atoms with Crippen LogP contribution in [0.1, 0.15) is 36.8 Å². The first-order valence-corrected chi connectivity index (χ1v) is 9.14. The van der Waals surface area contributed by atoms with Crippen LogP contribution < -0.4 is 9.47 Å². The highest BCUT2D eigenvalue weighted by Gasteiger charge is 2.63. The summed E-state index contributed by atoms with van der Waals surface area (Å²) in [6.07, 6.45) is 9.15. The third kappa shape index (κ3) is 2.36. The lowest BCUT2D eigenvalue weighted by molar-refractivity contribution is -0.908. The number of hydrogen-bond donors (Lipinski definition) is 0. The highest BCUT2D eigenvalue weighted by Crippen LogP contribution is 2.35. The van der Waals surface area contributed by atoms with Crippen LogP contribution in [-0.2, 0) is 0 Å². The van der Waals surface area contributed by atoms with Gasteiger partial charge in [0.25, 0.3) is 0 Å². The van der Waals surface area contributed by atoms with Crippen LogP contribution in [-0.4, -0.2) is 40.7 Å². The van der Waals surface area contributed by atoms with Crippen molar-refractivity contribution in [3.63, 3.8) is 0 Å². The van der Waals surface area contributed by atoms with Gasteiger partial charge in [0.05, 0.1) is 11.1 Å². The largest absolute Gasteiger partial charge is 0.703 e. The molecule has 1 spiro atoms. The third-order valence-corrected chi connectivity index (χ3v) is 5.19. The molecule has 0 saturated carbocycles. The van der Waals surface area contributed by atoms with Crippen LogP contribution in [0, 0.1) is 0 Å². The van der Waals surface area contributed by atoms with Crippen molar-refractivity contribution in [1.82, 2.24) is 0 Å². The van der Waals surface area contributed by atoms with E-state index in [0.717, 1.165) is 48.6 Å². The van der Waals surface area contributed by atoms with Crippen molar-refractivity contribution in [2.75, 3.05) is 13.1 Å². The standard InChI is InChI=1S/C21H22N2O2/c1-2-8-14-23-16-18-10-4-6-12-20(18)25-21(23)22(13-7-1)15-17-9-3-5-11-19(17)24-21/h3-6,9-12,15-16H,1-2,7-8,13-14H2/q+2. The number of fused-ring (bicyclic) bond motifs is 2. The van der Waals surface area contributed by atoms with Crippen molar-refractivity contribution in [2.45, 2.75) is 31.7 Å². The molecule has 3 heterocycles. The van der Waals surface area contributed by atoms with E-state index in [-0.39, 0.29) is 0 Å². The van der Waals surface area contributed by atoms with Crippen molar-refractivity contribution >= 4 is 12.4 Å². The van der Waals surface area contributed by atoms with Gasteiger partial charge >= 0.3 is 6.03 Å². The topological polar surface area (TPSA) is 24.5 Å². The van der Waals surface area contributed by atoms with Gasteiger partial charge in [-0.1, -0.05) is 33.4 Å². The average Bonchev–Trinajstić information content (AvgIpc) is 2.72. The van der Waals surface area contributed by atoms with Crippen LogP contribution in [0.25, 0.3) is 0 Å². The predicted molar refractivity (Wildman–Crippen MR) is 95.9 cm³/mol. The zero-order valence-electron chi connectivity index (χ0n) is 14.2. The second-order valence-corrected chi connectivity index (χ2v) is 6.89. The van der Waals surface area contributed by atoms with Gasteiger partial charge in [-0.3, -0.25) is 0 Å². The number of benzene rings is 2. The molecule has 0 unspecified atom stereocenters. The Bertz CT molecular complexity index is 811. The van der Waals surface area contributed by atoms with Crippen molar-refractivity contribution < 1.29 is 18.6 Å². The molecule has 1 fully saturated rings. The summed E-state index contributed by atoms with van der Waals surface area (Å²) < 4.78 is 17.5. The van der Waals surface area contributed by atoms with Crippen molar-refractivity contribution in [1.29, 1.82) is 0 Å². The van der Waals surface area contributed by atoms with E-state index >= 15 is 0 Å². The lowest BCUT2D eigenvalue weighted by Gasteiger charge is -2.31. The maximum absolute atomic E-state index is 6.54. The summed E-state index contributed by atoms with van der Waals surface area (Å²) in [6.45, 7) is 1.84. The maximum atomic E-state index is 6.54. The zero-order valence-corrected chi connectivity index (χ0v) is 14.2. The second kappa shape index (κ2) is 5.73. The molecule has 0 amide bonds. The average molecular weight is 334 g/mol. The van der Waals surface area contributed by atoms with Crippen LogP contribution >= 0.6 is 0 Å². The smallest absolute Gasteiger partial charge is 0.341 e. The Hall–Kier alpha value is -2.62. The van der Waals surface area contributed by atoms with E-state index in [0.29, 0.717) is 0 Å². The number of para-hydroxylation sites is 2. The first-order chi connectivity index (χ1) is 12.4. The van der Waals surface area contributed by atoms with E-state index in [1.165, 1.54) is 12.8 Å². The second-order valence-electron chi connectivity index (χ2n) is 6.89. The summed E-state index contributed by atoms with van der Waals surface area (Å²) in [4.78, 5) is 0. The van der Waals surface area contributed by atoms with Crippen LogP contribution in [0.2, 0.25) is 0 Å². The molecule has 3 aliphatic rings. The maximum Gasteiger partial charge on any atom is 0.703 e. The molecule has 4 heteroatoms. The Morgan fingerprint density at radius 3 is 1.64 bits per heavy atom. The summed E-state index contributed by atoms with van der Waals surface area (Å²) in [5, 5.41) is 0. The van der Waals surface area contributed by atoms with Crippen LogP contribution in [0.4, 0.5) is 0 Å². The number of nitrogens with zero attached hydrogens (tertiary/aromatic N) is 2. The Kier molecular flexibility index (Phi) is 3.37. The molecule has 126 valence electrons. The number of ether oxygens (including phenoxy) is 2. The normalized spacial score (nSPS) is 20.5. The fraction of sp³-hybridized carbons (Fsp3) is 0.333. The summed E-state index contributed by atoms with van der Waals surface area (Å²) in [5.41, 5.74) is 2.21. The third-order valence-electron chi connectivity index (χ3n) is 5.19. The molecule has 4 nitrogen and oxygen atoms in total. The first kappa shape index (κ1) is 14.7. The molecule has 0 N–H and O–H groups in total. The van der Waals surface area contributed by atoms with Gasteiger partial charge in [-0.2, -0.15) is 0 Å². The van der Waals surface area contributed by atoms with Gasteiger partial charge in [-0.05, 0) is 37.1 Å². The Labute approximate surface area is 147 Å². The van der Waals surface area contributed by atoms with E-state index in [1.54, 1.807) is 0 Å². The summed E-state index contributed by atoms with van der Waals surface area (Å²) >= 11 is 0. The molecule has 0 aromatic heterocycles. The quantitative estimate of drug-likeness (QED) is 0.691. The summed E-state index contributed by atoms with van der Waals surface area (Å²) in [7, 11) is 0. The summed E-state index contributed by atoms with van der Waals surface area (Å²) in [6, 6.07) is 15.4. The molecule has 0 atom stereocenters. The molecule has 25 heavy (non-hydrogen) atoms. The molecule has 0 aliphatic carbocycles. The van der Waals surface area contributed by atoms with Gasteiger partial charge in [0.15, 0.2) is 37.0 Å². The highest BCUT2D eigenvalue weighted by atomic mass is 16.7. The molecular weight excluding hydrogens is 312 g/mol.